The average molecular weight is 372 g/mol. The van der Waals surface area contributed by atoms with Crippen LogP contribution in [0, 0.1) is 3.57 Å². The molecule has 0 spiro atoms. The fourth-order valence-electron chi connectivity index (χ4n) is 1.71. The number of nitrogens with zero attached hydrogens (tertiary/aromatic N) is 3. The van der Waals surface area contributed by atoms with Gasteiger partial charge in [-0.2, -0.15) is 0 Å². The molecule has 1 atom stereocenters. The number of hydrogen-bond donors (Lipinski definition) is 2. The van der Waals surface area contributed by atoms with E-state index in [1.807, 2.05) is 6.92 Å². The largest absolute Gasteiger partial charge is 0.507 e. The first-order valence-electron chi connectivity index (χ1n) is 5.62. The molecule has 1 aromatic carbocycles. The van der Waals surface area contributed by atoms with Crippen LogP contribution >= 0.6 is 22.6 Å². The summed E-state index contributed by atoms with van der Waals surface area (Å²) in [6.45, 7) is 1.81. The van der Waals surface area contributed by atoms with Crippen molar-refractivity contribution in [2.75, 3.05) is 0 Å². The molecule has 2 rings (SSSR count). The second-order valence-corrected chi connectivity index (χ2v) is 5.40. The van der Waals surface area contributed by atoms with E-state index in [1.165, 1.54) is 6.07 Å². The average Bonchev–Trinajstić information content (AvgIpc) is 2.78. The summed E-state index contributed by atoms with van der Waals surface area (Å²) in [5.41, 5.74) is 0.251. The quantitative estimate of drug-likeness (QED) is 0.803. The molecule has 0 saturated heterocycles. The maximum atomic E-state index is 12.1. The molecule has 2 N–H and O–H groups in total. The Labute approximate surface area is 124 Å². The van der Waals surface area contributed by atoms with Crippen molar-refractivity contribution in [2.24, 2.45) is 7.05 Å². The summed E-state index contributed by atoms with van der Waals surface area (Å²) in [5, 5.41) is 20.2. The number of carbonyl (C=O) groups is 1. The summed E-state index contributed by atoms with van der Waals surface area (Å²) in [7, 11) is 1.81. The van der Waals surface area contributed by atoms with Gasteiger partial charge in [0.1, 0.15) is 12.1 Å². The Morgan fingerprint density at radius 3 is 2.89 bits per heavy atom. The lowest BCUT2D eigenvalue weighted by atomic mass is 10.1. The Morgan fingerprint density at radius 2 is 2.26 bits per heavy atom. The lowest BCUT2D eigenvalue weighted by Crippen LogP contribution is -2.28. The monoisotopic (exact) mass is 372 g/mol. The maximum Gasteiger partial charge on any atom is 0.255 e. The van der Waals surface area contributed by atoms with Crippen LogP contribution in [0.5, 0.6) is 5.75 Å². The van der Waals surface area contributed by atoms with E-state index in [0.717, 1.165) is 3.57 Å². The van der Waals surface area contributed by atoms with Crippen molar-refractivity contribution in [3.05, 3.63) is 39.5 Å². The zero-order valence-corrected chi connectivity index (χ0v) is 12.6. The summed E-state index contributed by atoms with van der Waals surface area (Å²) in [6.07, 6.45) is 1.57. The van der Waals surface area contributed by atoms with Crippen molar-refractivity contribution in [1.29, 1.82) is 0 Å². The molecule has 7 heteroatoms. The first-order chi connectivity index (χ1) is 8.99. The summed E-state index contributed by atoms with van der Waals surface area (Å²) in [6, 6.07) is 4.58. The molecular formula is C12H13IN4O2. The molecule has 0 aliphatic heterocycles. The van der Waals surface area contributed by atoms with Crippen LogP contribution in [0.4, 0.5) is 0 Å². The van der Waals surface area contributed by atoms with Crippen LogP contribution < -0.4 is 5.32 Å². The first-order valence-corrected chi connectivity index (χ1v) is 6.70. The zero-order chi connectivity index (χ0) is 14.0. The number of aryl methyl sites for hydroxylation is 1. The number of phenols is 1. The number of halogens is 1. The molecular weight excluding hydrogens is 359 g/mol. The highest BCUT2D eigenvalue weighted by atomic mass is 127. The van der Waals surface area contributed by atoms with Gasteiger partial charge in [-0.15, -0.1) is 10.2 Å². The number of carbonyl (C=O) groups excluding carboxylic acids is 1. The van der Waals surface area contributed by atoms with Gasteiger partial charge in [0.15, 0.2) is 5.82 Å². The van der Waals surface area contributed by atoms with Gasteiger partial charge in [-0.1, -0.05) is 0 Å². The van der Waals surface area contributed by atoms with E-state index in [-0.39, 0.29) is 23.3 Å². The Morgan fingerprint density at radius 1 is 1.53 bits per heavy atom. The molecule has 6 nitrogen and oxygen atoms in total. The topological polar surface area (TPSA) is 80.0 Å². The summed E-state index contributed by atoms with van der Waals surface area (Å²) in [5.74, 6) is 0.271. The number of phenolic OH excluding ortho intramolecular Hbond substituents is 1. The van der Waals surface area contributed by atoms with Gasteiger partial charge in [-0.25, -0.2) is 0 Å². The highest BCUT2D eigenvalue weighted by molar-refractivity contribution is 14.1. The third kappa shape index (κ3) is 3.03. The highest BCUT2D eigenvalue weighted by Crippen LogP contribution is 2.20. The lowest BCUT2D eigenvalue weighted by Gasteiger charge is -2.13. The van der Waals surface area contributed by atoms with E-state index in [9.17, 15) is 9.90 Å². The van der Waals surface area contributed by atoms with Crippen molar-refractivity contribution in [3.63, 3.8) is 0 Å². The summed E-state index contributed by atoms with van der Waals surface area (Å²) in [4.78, 5) is 12.1. The molecule has 2 aromatic rings. The standard InChI is InChI=1S/C12H13IN4O2/c1-7(11-16-14-6-17(11)2)15-12(19)9-5-8(13)3-4-10(9)18/h3-7,18H,1-2H3,(H,15,19). The Balaban J connectivity index is 2.17. The van der Waals surface area contributed by atoms with E-state index >= 15 is 0 Å². The van der Waals surface area contributed by atoms with Gasteiger partial charge in [0, 0.05) is 10.6 Å². The van der Waals surface area contributed by atoms with E-state index in [0.29, 0.717) is 5.82 Å². The van der Waals surface area contributed by atoms with Crippen LogP contribution in [0.3, 0.4) is 0 Å². The number of aromatic hydroxyl groups is 1. The van der Waals surface area contributed by atoms with E-state index in [4.69, 9.17) is 0 Å². The van der Waals surface area contributed by atoms with E-state index in [2.05, 4.69) is 38.1 Å². The van der Waals surface area contributed by atoms with E-state index in [1.54, 1.807) is 30.1 Å². The minimum absolute atomic E-state index is 0.0388. The maximum absolute atomic E-state index is 12.1. The zero-order valence-electron chi connectivity index (χ0n) is 10.5. The second-order valence-electron chi connectivity index (χ2n) is 4.16. The molecule has 0 aliphatic carbocycles. The molecule has 0 saturated carbocycles. The van der Waals surface area contributed by atoms with Crippen molar-refractivity contribution in [2.45, 2.75) is 13.0 Å². The normalized spacial score (nSPS) is 12.2. The van der Waals surface area contributed by atoms with Crippen LogP contribution in [0.2, 0.25) is 0 Å². The molecule has 100 valence electrons. The Bertz CT molecular complexity index is 612. The van der Waals surface area contributed by atoms with Gasteiger partial charge in [0.25, 0.3) is 5.91 Å². The number of aromatic nitrogens is 3. The molecule has 1 aromatic heterocycles. The van der Waals surface area contributed by atoms with Gasteiger partial charge in [-0.3, -0.25) is 4.79 Å². The van der Waals surface area contributed by atoms with Gasteiger partial charge < -0.3 is 15.0 Å². The first kappa shape index (κ1) is 13.8. The number of amides is 1. The predicted octanol–water partition coefficient (Wildman–Crippen LogP) is 1.62. The molecule has 0 aliphatic rings. The third-order valence-corrected chi connectivity index (χ3v) is 3.36. The van der Waals surface area contributed by atoms with Gasteiger partial charge in [0.05, 0.1) is 11.6 Å². The second kappa shape index (κ2) is 5.55. The number of benzene rings is 1. The van der Waals surface area contributed by atoms with Crippen LogP contribution in [-0.2, 0) is 7.05 Å². The van der Waals surface area contributed by atoms with Crippen molar-refractivity contribution >= 4 is 28.5 Å². The van der Waals surface area contributed by atoms with Gasteiger partial charge >= 0.3 is 0 Å². The van der Waals surface area contributed by atoms with Gasteiger partial charge in [0.2, 0.25) is 0 Å². The van der Waals surface area contributed by atoms with Crippen molar-refractivity contribution in [3.8, 4) is 5.75 Å². The fourth-order valence-corrected chi connectivity index (χ4v) is 2.20. The number of nitrogens with one attached hydrogen (secondary N) is 1. The van der Waals surface area contributed by atoms with E-state index < -0.39 is 0 Å². The predicted molar refractivity (Wildman–Crippen MR) is 77.7 cm³/mol. The summed E-state index contributed by atoms with van der Waals surface area (Å²) < 4.78 is 2.62. The van der Waals surface area contributed by atoms with Crippen molar-refractivity contribution < 1.29 is 9.90 Å². The highest BCUT2D eigenvalue weighted by Gasteiger charge is 2.17. The minimum atomic E-state index is -0.341. The Kier molecular flexibility index (Phi) is 4.03. The van der Waals surface area contributed by atoms with Crippen molar-refractivity contribution in [1.82, 2.24) is 20.1 Å². The number of rotatable bonds is 3. The van der Waals surface area contributed by atoms with Crippen LogP contribution in [0.25, 0.3) is 0 Å². The minimum Gasteiger partial charge on any atom is -0.507 e. The number of hydrogen-bond acceptors (Lipinski definition) is 4. The molecule has 1 amide bonds. The SMILES string of the molecule is CC(NC(=O)c1cc(I)ccc1O)c1nncn1C. The van der Waals surface area contributed by atoms with Crippen LogP contribution in [0.15, 0.2) is 24.5 Å². The smallest absolute Gasteiger partial charge is 0.255 e. The van der Waals surface area contributed by atoms with Crippen LogP contribution in [0.1, 0.15) is 29.1 Å². The molecule has 0 bridgehead atoms. The molecule has 0 radical (unpaired) electrons. The fraction of sp³-hybridized carbons (Fsp3) is 0.250. The molecule has 1 unspecified atom stereocenters. The molecule has 1 heterocycles. The third-order valence-electron chi connectivity index (χ3n) is 2.68. The summed E-state index contributed by atoms with van der Waals surface area (Å²) >= 11 is 2.09. The molecule has 0 fully saturated rings. The van der Waals surface area contributed by atoms with Gasteiger partial charge in [-0.05, 0) is 47.7 Å². The molecule has 19 heavy (non-hydrogen) atoms. The lowest BCUT2D eigenvalue weighted by molar-refractivity contribution is 0.0935. The van der Waals surface area contributed by atoms with Crippen LogP contribution in [-0.4, -0.2) is 25.8 Å². The Hall–Kier alpha value is -1.64.